The van der Waals surface area contributed by atoms with Crippen LogP contribution in [-0.2, 0) is 4.79 Å². The maximum absolute atomic E-state index is 12.9. The molecule has 1 N–H and O–H groups in total. The van der Waals surface area contributed by atoms with Crippen molar-refractivity contribution in [2.75, 3.05) is 64.8 Å². The Hall–Kier alpha value is -1.66. The van der Waals surface area contributed by atoms with Crippen LogP contribution >= 0.6 is 0 Å². The second kappa shape index (κ2) is 8.10. The summed E-state index contributed by atoms with van der Waals surface area (Å²) in [6, 6.07) is 6.58. The smallest absolute Gasteiger partial charge is 0.234 e. The zero-order valence-corrected chi connectivity index (χ0v) is 13.4. The SMILES string of the molecule is CN(C)CCNC(=O)CN1CCN(c2ccc(F)cc2)CC1. The number of nitrogens with one attached hydrogen (secondary N) is 1. The summed E-state index contributed by atoms with van der Waals surface area (Å²) in [7, 11) is 3.97. The van der Waals surface area contributed by atoms with E-state index in [2.05, 4.69) is 15.1 Å². The number of halogens is 1. The molecule has 122 valence electrons. The van der Waals surface area contributed by atoms with Gasteiger partial charge in [0, 0.05) is 45.0 Å². The van der Waals surface area contributed by atoms with Crippen LogP contribution in [0.4, 0.5) is 10.1 Å². The molecule has 1 fully saturated rings. The van der Waals surface area contributed by atoms with Crippen LogP contribution in [0.2, 0.25) is 0 Å². The van der Waals surface area contributed by atoms with Gasteiger partial charge in [-0.3, -0.25) is 9.69 Å². The number of carbonyl (C=O) groups excluding carboxylic acids is 1. The minimum absolute atomic E-state index is 0.0806. The maximum atomic E-state index is 12.9. The number of carbonyl (C=O) groups is 1. The highest BCUT2D eigenvalue weighted by atomic mass is 19.1. The summed E-state index contributed by atoms with van der Waals surface area (Å²) < 4.78 is 12.9. The molecule has 0 radical (unpaired) electrons. The lowest BCUT2D eigenvalue weighted by atomic mass is 10.2. The molecule has 0 atom stereocenters. The Morgan fingerprint density at radius 1 is 1.18 bits per heavy atom. The van der Waals surface area contributed by atoms with Crippen molar-refractivity contribution < 1.29 is 9.18 Å². The number of amides is 1. The van der Waals surface area contributed by atoms with E-state index in [4.69, 9.17) is 0 Å². The van der Waals surface area contributed by atoms with E-state index >= 15 is 0 Å². The fourth-order valence-electron chi connectivity index (χ4n) is 2.49. The Kier molecular flexibility index (Phi) is 6.15. The van der Waals surface area contributed by atoms with Crippen LogP contribution in [0.25, 0.3) is 0 Å². The zero-order chi connectivity index (χ0) is 15.9. The van der Waals surface area contributed by atoms with Crippen molar-refractivity contribution in [1.29, 1.82) is 0 Å². The molecule has 0 aromatic heterocycles. The third kappa shape index (κ3) is 5.27. The molecule has 1 saturated heterocycles. The van der Waals surface area contributed by atoms with Crippen molar-refractivity contribution in [3.05, 3.63) is 30.1 Å². The van der Waals surface area contributed by atoms with Gasteiger partial charge in [0.15, 0.2) is 0 Å². The summed E-state index contributed by atoms with van der Waals surface area (Å²) in [6.45, 7) is 5.39. The summed E-state index contributed by atoms with van der Waals surface area (Å²) >= 11 is 0. The largest absolute Gasteiger partial charge is 0.369 e. The molecule has 22 heavy (non-hydrogen) atoms. The Labute approximate surface area is 131 Å². The quantitative estimate of drug-likeness (QED) is 0.836. The molecule has 0 aliphatic carbocycles. The average molecular weight is 308 g/mol. The number of hydrogen-bond donors (Lipinski definition) is 1. The molecule has 1 aliphatic rings. The predicted octanol–water partition coefficient (Wildman–Crippen LogP) is 0.626. The highest BCUT2D eigenvalue weighted by Gasteiger charge is 2.19. The van der Waals surface area contributed by atoms with Gasteiger partial charge < -0.3 is 15.1 Å². The summed E-state index contributed by atoms with van der Waals surface area (Å²) in [5.74, 6) is -0.131. The minimum atomic E-state index is -0.211. The van der Waals surface area contributed by atoms with Gasteiger partial charge in [-0.2, -0.15) is 0 Å². The monoisotopic (exact) mass is 308 g/mol. The zero-order valence-electron chi connectivity index (χ0n) is 13.4. The molecule has 1 heterocycles. The molecule has 0 unspecified atom stereocenters. The van der Waals surface area contributed by atoms with Crippen molar-refractivity contribution in [2.24, 2.45) is 0 Å². The first-order valence-electron chi connectivity index (χ1n) is 7.69. The average Bonchev–Trinajstić information content (AvgIpc) is 2.48. The van der Waals surface area contributed by atoms with Crippen molar-refractivity contribution in [1.82, 2.24) is 15.1 Å². The standard InChI is InChI=1S/C16H25FN4O/c1-19(2)8-7-18-16(22)13-20-9-11-21(12-10-20)15-5-3-14(17)4-6-15/h3-6H,7-13H2,1-2H3,(H,18,22). The van der Waals surface area contributed by atoms with E-state index in [0.29, 0.717) is 13.1 Å². The Bertz CT molecular complexity index is 470. The van der Waals surface area contributed by atoms with Crippen LogP contribution in [0.5, 0.6) is 0 Å². The van der Waals surface area contributed by atoms with E-state index in [-0.39, 0.29) is 11.7 Å². The molecular formula is C16H25FN4O. The number of piperazine rings is 1. The van der Waals surface area contributed by atoms with E-state index in [9.17, 15) is 9.18 Å². The lowest BCUT2D eigenvalue weighted by Crippen LogP contribution is -2.49. The normalized spacial score (nSPS) is 16.1. The minimum Gasteiger partial charge on any atom is -0.369 e. The molecular weight excluding hydrogens is 283 g/mol. The first-order chi connectivity index (χ1) is 10.5. The number of hydrogen-bond acceptors (Lipinski definition) is 4. The molecule has 1 aliphatic heterocycles. The molecule has 6 heteroatoms. The molecule has 0 saturated carbocycles. The van der Waals surface area contributed by atoms with Gasteiger partial charge in [-0.15, -0.1) is 0 Å². The van der Waals surface area contributed by atoms with Crippen LogP contribution in [-0.4, -0.2) is 75.6 Å². The Morgan fingerprint density at radius 2 is 1.82 bits per heavy atom. The second-order valence-electron chi connectivity index (χ2n) is 5.89. The van der Waals surface area contributed by atoms with Gasteiger partial charge >= 0.3 is 0 Å². The first-order valence-corrected chi connectivity index (χ1v) is 7.69. The number of nitrogens with zero attached hydrogens (tertiary/aromatic N) is 3. The van der Waals surface area contributed by atoms with Crippen LogP contribution in [0.15, 0.2) is 24.3 Å². The van der Waals surface area contributed by atoms with Crippen molar-refractivity contribution in [2.45, 2.75) is 0 Å². The van der Waals surface area contributed by atoms with Crippen LogP contribution in [0.1, 0.15) is 0 Å². The molecule has 5 nitrogen and oxygen atoms in total. The van der Waals surface area contributed by atoms with E-state index in [0.717, 1.165) is 38.4 Å². The highest BCUT2D eigenvalue weighted by molar-refractivity contribution is 5.78. The molecule has 1 amide bonds. The second-order valence-corrected chi connectivity index (χ2v) is 5.89. The van der Waals surface area contributed by atoms with Crippen LogP contribution in [0, 0.1) is 5.82 Å². The van der Waals surface area contributed by atoms with Crippen molar-refractivity contribution in [3.63, 3.8) is 0 Å². The van der Waals surface area contributed by atoms with Gasteiger partial charge in [0.1, 0.15) is 5.82 Å². The topological polar surface area (TPSA) is 38.8 Å². The van der Waals surface area contributed by atoms with Gasteiger partial charge in [0.05, 0.1) is 6.54 Å². The number of likely N-dealkylation sites (N-methyl/N-ethyl adjacent to an activating group) is 1. The van der Waals surface area contributed by atoms with E-state index in [1.54, 1.807) is 12.1 Å². The fraction of sp³-hybridized carbons (Fsp3) is 0.562. The summed E-state index contributed by atoms with van der Waals surface area (Å²) in [5, 5.41) is 2.93. The predicted molar refractivity (Wildman–Crippen MR) is 86.6 cm³/mol. The number of rotatable bonds is 6. The molecule has 0 bridgehead atoms. The summed E-state index contributed by atoms with van der Waals surface area (Å²) in [5.41, 5.74) is 1.04. The van der Waals surface area contributed by atoms with E-state index in [1.807, 2.05) is 19.0 Å². The highest BCUT2D eigenvalue weighted by Crippen LogP contribution is 2.16. The molecule has 1 aromatic carbocycles. The lowest BCUT2D eigenvalue weighted by Gasteiger charge is -2.35. The summed E-state index contributed by atoms with van der Waals surface area (Å²) in [6.07, 6.45) is 0. The molecule has 0 spiro atoms. The summed E-state index contributed by atoms with van der Waals surface area (Å²) in [4.78, 5) is 18.3. The Morgan fingerprint density at radius 3 is 2.41 bits per heavy atom. The van der Waals surface area contributed by atoms with Crippen molar-refractivity contribution in [3.8, 4) is 0 Å². The van der Waals surface area contributed by atoms with Gasteiger partial charge in [0.2, 0.25) is 5.91 Å². The van der Waals surface area contributed by atoms with Gasteiger partial charge in [-0.25, -0.2) is 4.39 Å². The Balaban J connectivity index is 1.70. The third-order valence-electron chi connectivity index (χ3n) is 3.81. The number of anilines is 1. The fourth-order valence-corrected chi connectivity index (χ4v) is 2.49. The van der Waals surface area contributed by atoms with E-state index < -0.39 is 0 Å². The molecule has 2 rings (SSSR count). The van der Waals surface area contributed by atoms with E-state index in [1.165, 1.54) is 12.1 Å². The third-order valence-corrected chi connectivity index (χ3v) is 3.81. The van der Waals surface area contributed by atoms with Crippen molar-refractivity contribution >= 4 is 11.6 Å². The van der Waals surface area contributed by atoms with Gasteiger partial charge in [-0.1, -0.05) is 0 Å². The number of benzene rings is 1. The van der Waals surface area contributed by atoms with Crippen LogP contribution in [0.3, 0.4) is 0 Å². The molecule has 1 aromatic rings. The van der Waals surface area contributed by atoms with Gasteiger partial charge in [-0.05, 0) is 38.4 Å². The first kappa shape index (κ1) is 16.7. The lowest BCUT2D eigenvalue weighted by molar-refractivity contribution is -0.122. The van der Waals surface area contributed by atoms with Crippen LogP contribution < -0.4 is 10.2 Å². The van der Waals surface area contributed by atoms with Gasteiger partial charge in [0.25, 0.3) is 0 Å². The maximum Gasteiger partial charge on any atom is 0.234 e.